The van der Waals surface area contributed by atoms with Gasteiger partial charge >= 0.3 is 0 Å². The van der Waals surface area contributed by atoms with E-state index in [0.29, 0.717) is 24.6 Å². The van der Waals surface area contributed by atoms with E-state index in [1.165, 1.54) is 0 Å². The number of benzene rings is 1. The Kier molecular flexibility index (Phi) is 5.00. The maximum absolute atomic E-state index is 12.8. The Morgan fingerprint density at radius 3 is 2.81 bits per heavy atom. The van der Waals surface area contributed by atoms with Crippen molar-refractivity contribution in [2.75, 3.05) is 6.54 Å². The number of piperidine rings is 1. The number of aryl methyl sites for hydroxylation is 2. The van der Waals surface area contributed by atoms with Gasteiger partial charge in [-0.1, -0.05) is 40.6 Å². The molecule has 7 nitrogen and oxygen atoms in total. The normalized spacial score (nSPS) is 17.2. The number of nitrogens with zero attached hydrogens (tertiary/aromatic N) is 4. The monoisotopic (exact) mass is 366 g/mol. The fraction of sp³-hybridized carbons (Fsp3) is 0.400. The van der Waals surface area contributed by atoms with Crippen molar-refractivity contribution in [3.8, 4) is 11.4 Å². The first kappa shape index (κ1) is 17.5. The summed E-state index contributed by atoms with van der Waals surface area (Å²) >= 11 is 0. The van der Waals surface area contributed by atoms with Crippen molar-refractivity contribution in [1.29, 1.82) is 0 Å². The third-order valence-corrected chi connectivity index (χ3v) is 4.86. The molecule has 0 spiro atoms. The van der Waals surface area contributed by atoms with Crippen LogP contribution in [0.1, 0.15) is 49.1 Å². The molecule has 140 valence electrons. The number of rotatable bonds is 5. The van der Waals surface area contributed by atoms with Crippen LogP contribution in [0.15, 0.2) is 45.4 Å². The lowest BCUT2D eigenvalue weighted by atomic mass is 9.98. The second-order valence-corrected chi connectivity index (χ2v) is 6.84. The molecule has 0 N–H and O–H groups in total. The molecule has 7 heteroatoms. The number of amides is 1. The summed E-state index contributed by atoms with van der Waals surface area (Å²) in [4.78, 5) is 19.1. The van der Waals surface area contributed by atoms with E-state index in [1.807, 2.05) is 48.2 Å². The average Bonchev–Trinajstić information content (AvgIpc) is 3.36. The van der Waals surface area contributed by atoms with E-state index in [4.69, 9.17) is 9.05 Å². The minimum absolute atomic E-state index is 0.00809. The highest BCUT2D eigenvalue weighted by Crippen LogP contribution is 2.31. The largest absolute Gasteiger partial charge is 0.361 e. The molecule has 1 aliphatic rings. The standard InChI is InChI=1S/C20H22N4O3/c1-14-13-16(22-26-14)17-9-5-6-12-24(17)19(25)11-10-18-21-20(23-27-18)15-7-3-2-4-8-15/h2-4,7-8,13,17H,5-6,9-12H2,1H3/t17-/m0/s1. The Hall–Kier alpha value is -2.96. The minimum Gasteiger partial charge on any atom is -0.361 e. The van der Waals surface area contributed by atoms with Gasteiger partial charge in [-0.25, -0.2) is 0 Å². The van der Waals surface area contributed by atoms with Crippen LogP contribution >= 0.6 is 0 Å². The van der Waals surface area contributed by atoms with Gasteiger partial charge in [-0.05, 0) is 26.2 Å². The van der Waals surface area contributed by atoms with Crippen molar-refractivity contribution in [1.82, 2.24) is 20.2 Å². The van der Waals surface area contributed by atoms with Crippen LogP contribution < -0.4 is 0 Å². The van der Waals surface area contributed by atoms with Crippen LogP contribution in [-0.2, 0) is 11.2 Å². The number of carbonyl (C=O) groups excluding carboxylic acids is 1. The summed E-state index contributed by atoms with van der Waals surface area (Å²) < 4.78 is 10.5. The number of hydrogen-bond acceptors (Lipinski definition) is 6. The van der Waals surface area contributed by atoms with Crippen molar-refractivity contribution in [2.24, 2.45) is 0 Å². The number of hydrogen-bond donors (Lipinski definition) is 0. The Bertz CT molecular complexity index is 903. The summed E-state index contributed by atoms with van der Waals surface area (Å²) in [5, 5.41) is 8.13. The lowest BCUT2D eigenvalue weighted by Crippen LogP contribution is -2.38. The zero-order valence-electron chi connectivity index (χ0n) is 15.3. The second-order valence-electron chi connectivity index (χ2n) is 6.84. The molecular weight excluding hydrogens is 344 g/mol. The van der Waals surface area contributed by atoms with Crippen molar-refractivity contribution in [3.05, 3.63) is 53.7 Å². The highest BCUT2D eigenvalue weighted by molar-refractivity contribution is 5.77. The molecule has 1 amide bonds. The lowest BCUT2D eigenvalue weighted by molar-refractivity contribution is -0.135. The van der Waals surface area contributed by atoms with Crippen molar-refractivity contribution >= 4 is 5.91 Å². The van der Waals surface area contributed by atoms with Gasteiger partial charge in [0.25, 0.3) is 0 Å². The molecule has 0 radical (unpaired) electrons. The van der Waals surface area contributed by atoms with Gasteiger partial charge in [0.05, 0.1) is 6.04 Å². The third kappa shape index (κ3) is 3.92. The zero-order chi connectivity index (χ0) is 18.6. The summed E-state index contributed by atoms with van der Waals surface area (Å²) in [6, 6.07) is 11.6. The average molecular weight is 366 g/mol. The molecule has 0 aliphatic carbocycles. The van der Waals surface area contributed by atoms with Gasteiger partial charge in [-0.15, -0.1) is 0 Å². The Labute approximate surface area is 157 Å². The highest BCUT2D eigenvalue weighted by Gasteiger charge is 2.30. The topological polar surface area (TPSA) is 85.3 Å². The van der Waals surface area contributed by atoms with Crippen LogP contribution in [0.5, 0.6) is 0 Å². The maximum Gasteiger partial charge on any atom is 0.227 e. The van der Waals surface area contributed by atoms with Gasteiger partial charge in [-0.3, -0.25) is 4.79 Å². The number of likely N-dealkylation sites (tertiary alicyclic amines) is 1. The second kappa shape index (κ2) is 7.73. The molecule has 0 unspecified atom stereocenters. The molecule has 1 aliphatic heterocycles. The van der Waals surface area contributed by atoms with Gasteiger partial charge in [0.15, 0.2) is 0 Å². The predicted molar refractivity (Wildman–Crippen MR) is 97.6 cm³/mol. The van der Waals surface area contributed by atoms with Gasteiger partial charge in [0.2, 0.25) is 17.6 Å². The predicted octanol–water partition coefficient (Wildman–Crippen LogP) is 3.72. The van der Waals surface area contributed by atoms with Crippen molar-refractivity contribution in [3.63, 3.8) is 0 Å². The molecule has 1 fully saturated rings. The fourth-order valence-electron chi connectivity index (χ4n) is 3.50. The maximum atomic E-state index is 12.8. The molecule has 2 aromatic heterocycles. The van der Waals surface area contributed by atoms with Crippen LogP contribution in [0, 0.1) is 6.92 Å². The molecule has 1 atom stereocenters. The lowest BCUT2D eigenvalue weighted by Gasteiger charge is -2.34. The van der Waals surface area contributed by atoms with Crippen LogP contribution in [0.25, 0.3) is 11.4 Å². The van der Waals surface area contributed by atoms with E-state index in [-0.39, 0.29) is 11.9 Å². The molecular formula is C20H22N4O3. The van der Waals surface area contributed by atoms with E-state index in [2.05, 4.69) is 15.3 Å². The van der Waals surface area contributed by atoms with E-state index in [1.54, 1.807) is 0 Å². The van der Waals surface area contributed by atoms with E-state index in [0.717, 1.165) is 42.8 Å². The van der Waals surface area contributed by atoms with E-state index < -0.39 is 0 Å². The van der Waals surface area contributed by atoms with Gasteiger partial charge in [0.1, 0.15) is 11.5 Å². The first-order valence-electron chi connectivity index (χ1n) is 9.31. The van der Waals surface area contributed by atoms with Crippen LogP contribution in [0.3, 0.4) is 0 Å². The van der Waals surface area contributed by atoms with Crippen molar-refractivity contribution < 1.29 is 13.8 Å². The zero-order valence-corrected chi connectivity index (χ0v) is 15.3. The number of carbonyl (C=O) groups is 1. The molecule has 3 heterocycles. The quantitative estimate of drug-likeness (QED) is 0.684. The van der Waals surface area contributed by atoms with Crippen molar-refractivity contribution in [2.45, 2.75) is 45.1 Å². The molecule has 0 saturated carbocycles. The summed E-state index contributed by atoms with van der Waals surface area (Å²) in [6.45, 7) is 2.61. The summed E-state index contributed by atoms with van der Waals surface area (Å²) in [6.07, 6.45) is 3.78. The van der Waals surface area contributed by atoms with Crippen LogP contribution in [0.4, 0.5) is 0 Å². The number of aromatic nitrogens is 3. The van der Waals surface area contributed by atoms with Crippen LogP contribution in [0.2, 0.25) is 0 Å². The summed E-state index contributed by atoms with van der Waals surface area (Å²) in [7, 11) is 0. The summed E-state index contributed by atoms with van der Waals surface area (Å²) in [5.74, 6) is 1.88. The Morgan fingerprint density at radius 2 is 2.04 bits per heavy atom. The first-order chi connectivity index (χ1) is 13.2. The van der Waals surface area contributed by atoms with Crippen LogP contribution in [-0.4, -0.2) is 32.6 Å². The first-order valence-corrected chi connectivity index (χ1v) is 9.31. The minimum atomic E-state index is -0.00809. The van der Waals surface area contributed by atoms with E-state index >= 15 is 0 Å². The third-order valence-electron chi connectivity index (χ3n) is 4.86. The Morgan fingerprint density at radius 1 is 1.19 bits per heavy atom. The summed E-state index contributed by atoms with van der Waals surface area (Å²) in [5.41, 5.74) is 1.74. The Balaban J connectivity index is 1.40. The van der Waals surface area contributed by atoms with E-state index in [9.17, 15) is 4.79 Å². The molecule has 1 saturated heterocycles. The van der Waals surface area contributed by atoms with Gasteiger partial charge in [0, 0.05) is 31.0 Å². The highest BCUT2D eigenvalue weighted by atomic mass is 16.5. The molecule has 3 aromatic rings. The SMILES string of the molecule is Cc1cc([C@@H]2CCCCN2C(=O)CCc2nc(-c3ccccc3)no2)no1. The van der Waals surface area contributed by atoms with Gasteiger partial charge < -0.3 is 13.9 Å². The molecule has 0 bridgehead atoms. The smallest absolute Gasteiger partial charge is 0.227 e. The molecule has 27 heavy (non-hydrogen) atoms. The molecule has 4 rings (SSSR count). The fourth-order valence-corrected chi connectivity index (χ4v) is 3.50. The van der Waals surface area contributed by atoms with Gasteiger partial charge in [-0.2, -0.15) is 4.98 Å². The molecule has 1 aromatic carbocycles.